The number of nitrogens with one attached hydrogen (secondary N) is 1. The summed E-state index contributed by atoms with van der Waals surface area (Å²) in [5.74, 6) is -0.561. The van der Waals surface area contributed by atoms with Gasteiger partial charge in [0.25, 0.3) is 5.91 Å². The number of methoxy groups -OCH3 is 2. The maximum atomic E-state index is 12.6. The van der Waals surface area contributed by atoms with Crippen LogP contribution in [0.3, 0.4) is 0 Å². The number of nitriles is 1. The first kappa shape index (κ1) is 24.8. The quantitative estimate of drug-likeness (QED) is 0.242. The number of rotatable bonds is 9. The molecule has 32 heavy (non-hydrogen) atoms. The predicted molar refractivity (Wildman–Crippen MR) is 123 cm³/mol. The highest BCUT2D eigenvalue weighted by Gasteiger charge is 2.17. The van der Waals surface area contributed by atoms with Gasteiger partial charge in [0.15, 0.2) is 18.1 Å². The number of halogens is 2. The molecular weight excluding hydrogens is 455 g/mol. The van der Waals surface area contributed by atoms with Crippen molar-refractivity contribution >= 4 is 46.8 Å². The lowest BCUT2D eigenvalue weighted by Crippen LogP contribution is -2.14. The molecule has 0 heterocycles. The summed E-state index contributed by atoms with van der Waals surface area (Å²) in [4.78, 5) is 24.1. The number of hydrogen-bond donors (Lipinski definition) is 1. The second-order valence-corrected chi connectivity index (χ2v) is 7.08. The minimum absolute atomic E-state index is 0.168. The van der Waals surface area contributed by atoms with Crippen molar-refractivity contribution in [1.82, 2.24) is 0 Å². The number of amides is 1. The highest BCUT2D eigenvalue weighted by atomic mass is 35.5. The standard InChI is InChI=1S/C23H20Cl2N2O5/c1-4-6-15-9-14(11-19(30-2)22(15)32-13-20(28)31-3)10-16(12-26)23(29)27-18-8-5-7-17(24)21(18)25/h4-5,7-11H,1,6,13H2,2-3H3,(H,27,29)/b16-10-. The highest BCUT2D eigenvalue weighted by Crippen LogP contribution is 2.35. The van der Waals surface area contributed by atoms with E-state index in [0.717, 1.165) is 0 Å². The largest absolute Gasteiger partial charge is 0.493 e. The molecule has 0 aliphatic heterocycles. The van der Waals surface area contributed by atoms with Crippen molar-refractivity contribution in [3.05, 3.63) is 69.7 Å². The minimum Gasteiger partial charge on any atom is -0.493 e. The number of carbonyl (C=O) groups is 2. The first-order chi connectivity index (χ1) is 15.3. The van der Waals surface area contributed by atoms with Gasteiger partial charge in [-0.15, -0.1) is 6.58 Å². The molecule has 0 saturated carbocycles. The minimum atomic E-state index is -0.660. The summed E-state index contributed by atoms with van der Waals surface area (Å²) in [6, 6.07) is 9.93. The Labute approximate surface area is 195 Å². The van der Waals surface area contributed by atoms with Gasteiger partial charge in [0, 0.05) is 5.56 Å². The predicted octanol–water partition coefficient (Wildman–Crippen LogP) is 4.83. The lowest BCUT2D eigenvalue weighted by molar-refractivity contribution is -0.142. The van der Waals surface area contributed by atoms with E-state index in [2.05, 4.69) is 16.6 Å². The Morgan fingerprint density at radius 1 is 1.25 bits per heavy atom. The van der Waals surface area contributed by atoms with E-state index in [1.807, 2.05) is 6.07 Å². The lowest BCUT2D eigenvalue weighted by atomic mass is 10.0. The number of allylic oxidation sites excluding steroid dienone is 1. The van der Waals surface area contributed by atoms with E-state index in [4.69, 9.17) is 32.7 Å². The molecule has 2 rings (SSSR count). The van der Waals surface area contributed by atoms with Gasteiger partial charge in [-0.05, 0) is 42.3 Å². The van der Waals surface area contributed by atoms with E-state index in [1.54, 1.807) is 36.4 Å². The Morgan fingerprint density at radius 2 is 2.00 bits per heavy atom. The summed E-state index contributed by atoms with van der Waals surface area (Å²) in [5, 5.41) is 12.5. The maximum absolute atomic E-state index is 12.6. The number of carbonyl (C=O) groups excluding carboxylic acids is 2. The van der Waals surface area contributed by atoms with Gasteiger partial charge in [0.2, 0.25) is 0 Å². The van der Waals surface area contributed by atoms with Crippen LogP contribution in [0.4, 0.5) is 5.69 Å². The zero-order valence-corrected chi connectivity index (χ0v) is 18.9. The van der Waals surface area contributed by atoms with Gasteiger partial charge in [-0.3, -0.25) is 4.79 Å². The summed E-state index contributed by atoms with van der Waals surface area (Å²) < 4.78 is 15.5. The molecule has 0 radical (unpaired) electrons. The molecule has 166 valence electrons. The molecule has 0 saturated heterocycles. The van der Waals surface area contributed by atoms with Crippen LogP contribution in [0.2, 0.25) is 10.0 Å². The van der Waals surface area contributed by atoms with E-state index in [0.29, 0.717) is 29.0 Å². The van der Waals surface area contributed by atoms with Crippen LogP contribution in [0.1, 0.15) is 11.1 Å². The molecule has 2 aromatic carbocycles. The summed E-state index contributed by atoms with van der Waals surface area (Å²) in [7, 11) is 2.69. The Kier molecular flexibility index (Phi) is 9.14. The molecular formula is C23H20Cl2N2O5. The highest BCUT2D eigenvalue weighted by molar-refractivity contribution is 6.44. The lowest BCUT2D eigenvalue weighted by Gasteiger charge is -2.15. The molecule has 2 aromatic rings. The van der Waals surface area contributed by atoms with Crippen LogP contribution >= 0.6 is 23.2 Å². The van der Waals surface area contributed by atoms with E-state index in [-0.39, 0.29) is 27.9 Å². The average Bonchev–Trinajstić information content (AvgIpc) is 2.79. The zero-order valence-electron chi connectivity index (χ0n) is 17.4. The normalized spacial score (nSPS) is 10.7. The van der Waals surface area contributed by atoms with Crippen LogP contribution in [-0.4, -0.2) is 32.7 Å². The monoisotopic (exact) mass is 474 g/mol. The van der Waals surface area contributed by atoms with Gasteiger partial charge in [-0.25, -0.2) is 4.79 Å². The molecule has 0 aliphatic rings. The van der Waals surface area contributed by atoms with Crippen LogP contribution in [0.25, 0.3) is 6.08 Å². The van der Waals surface area contributed by atoms with E-state index < -0.39 is 11.9 Å². The number of anilines is 1. The van der Waals surface area contributed by atoms with Crippen LogP contribution in [-0.2, 0) is 20.7 Å². The number of benzene rings is 2. The molecule has 9 heteroatoms. The van der Waals surface area contributed by atoms with Crippen molar-refractivity contribution in [2.24, 2.45) is 0 Å². The molecule has 0 spiro atoms. The van der Waals surface area contributed by atoms with Crippen LogP contribution < -0.4 is 14.8 Å². The fourth-order valence-corrected chi connectivity index (χ4v) is 3.03. The third-order valence-electron chi connectivity index (χ3n) is 4.18. The topological polar surface area (TPSA) is 97.7 Å². The molecule has 0 unspecified atom stereocenters. The second-order valence-electron chi connectivity index (χ2n) is 6.29. The van der Waals surface area contributed by atoms with Gasteiger partial charge >= 0.3 is 5.97 Å². The molecule has 0 bridgehead atoms. The maximum Gasteiger partial charge on any atom is 0.343 e. The van der Waals surface area contributed by atoms with Gasteiger partial charge in [-0.2, -0.15) is 5.26 Å². The molecule has 0 aromatic heterocycles. The van der Waals surface area contributed by atoms with Crippen molar-refractivity contribution in [2.45, 2.75) is 6.42 Å². The van der Waals surface area contributed by atoms with Crippen molar-refractivity contribution in [3.8, 4) is 17.6 Å². The molecule has 7 nitrogen and oxygen atoms in total. The Hall–Kier alpha value is -3.47. The van der Waals surface area contributed by atoms with Crippen LogP contribution in [0.15, 0.2) is 48.6 Å². The number of esters is 1. The SMILES string of the molecule is C=CCc1cc(/C=C(/C#N)C(=O)Nc2cccc(Cl)c2Cl)cc(OC)c1OCC(=O)OC. The van der Waals surface area contributed by atoms with Crippen molar-refractivity contribution in [1.29, 1.82) is 5.26 Å². The molecule has 0 fully saturated rings. The molecule has 0 aliphatic carbocycles. The van der Waals surface area contributed by atoms with Gasteiger partial charge in [-0.1, -0.05) is 35.3 Å². The van der Waals surface area contributed by atoms with E-state index in [1.165, 1.54) is 20.3 Å². The average molecular weight is 475 g/mol. The van der Waals surface area contributed by atoms with Gasteiger partial charge in [0.1, 0.15) is 11.6 Å². The fourth-order valence-electron chi connectivity index (χ4n) is 2.68. The summed E-state index contributed by atoms with van der Waals surface area (Å²) in [5.41, 5.74) is 1.26. The molecule has 0 atom stereocenters. The van der Waals surface area contributed by atoms with Crippen molar-refractivity contribution in [2.75, 3.05) is 26.1 Å². The third kappa shape index (κ3) is 6.27. The summed E-state index contributed by atoms with van der Waals surface area (Å²) in [6.07, 6.45) is 3.43. The third-order valence-corrected chi connectivity index (χ3v) is 5.00. The van der Waals surface area contributed by atoms with Crippen LogP contribution in [0, 0.1) is 11.3 Å². The van der Waals surface area contributed by atoms with E-state index >= 15 is 0 Å². The molecule has 1 N–H and O–H groups in total. The van der Waals surface area contributed by atoms with Gasteiger partial charge in [0.05, 0.1) is 30.0 Å². The Morgan fingerprint density at radius 3 is 2.62 bits per heavy atom. The number of ether oxygens (including phenoxy) is 3. The first-order valence-electron chi connectivity index (χ1n) is 9.23. The summed E-state index contributed by atoms with van der Waals surface area (Å²) in [6.45, 7) is 3.41. The van der Waals surface area contributed by atoms with Gasteiger partial charge < -0.3 is 19.5 Å². The van der Waals surface area contributed by atoms with E-state index in [9.17, 15) is 14.9 Å². The van der Waals surface area contributed by atoms with Crippen molar-refractivity contribution < 1.29 is 23.8 Å². The van der Waals surface area contributed by atoms with Crippen LogP contribution in [0.5, 0.6) is 11.5 Å². The second kappa shape index (κ2) is 11.8. The fraction of sp³-hybridized carbons (Fsp3) is 0.174. The number of nitrogens with zero attached hydrogens (tertiary/aromatic N) is 1. The molecule has 1 amide bonds. The summed E-state index contributed by atoms with van der Waals surface area (Å²) >= 11 is 12.1. The Bertz CT molecular complexity index is 1110. The number of hydrogen-bond acceptors (Lipinski definition) is 6. The van der Waals surface area contributed by atoms with Crippen molar-refractivity contribution in [3.63, 3.8) is 0 Å². The zero-order chi connectivity index (χ0) is 23.7. The Balaban J connectivity index is 2.41. The first-order valence-corrected chi connectivity index (χ1v) is 9.98. The smallest absolute Gasteiger partial charge is 0.343 e.